The Labute approximate surface area is 116 Å². The molecule has 0 saturated heterocycles. The van der Waals surface area contributed by atoms with Crippen molar-refractivity contribution in [2.45, 2.75) is 18.8 Å². The Morgan fingerprint density at radius 1 is 1.42 bits per heavy atom. The van der Waals surface area contributed by atoms with Crippen molar-refractivity contribution < 1.29 is 14.7 Å². The zero-order valence-electron chi connectivity index (χ0n) is 10.8. The van der Waals surface area contributed by atoms with Crippen LogP contribution in [0.25, 0.3) is 0 Å². The smallest absolute Gasteiger partial charge is 0.304 e. The molecule has 1 atom stereocenters. The number of carboxylic acids is 1. The zero-order valence-corrected chi connectivity index (χ0v) is 11.7. The molecule has 0 saturated carbocycles. The molecule has 102 valence electrons. The molecule has 2 rings (SSSR count). The van der Waals surface area contributed by atoms with E-state index in [2.05, 4.69) is 0 Å². The Hall–Kier alpha value is -1.49. The number of rotatable bonds is 5. The van der Waals surface area contributed by atoms with Crippen LogP contribution in [0.5, 0.6) is 0 Å². The van der Waals surface area contributed by atoms with Crippen LogP contribution in [-0.2, 0) is 9.59 Å². The number of carbonyl (C=O) groups is 2. The first kappa shape index (κ1) is 13.9. The molecule has 0 aliphatic carbocycles. The fourth-order valence-electron chi connectivity index (χ4n) is 2.44. The van der Waals surface area contributed by atoms with Gasteiger partial charge >= 0.3 is 5.97 Å². The lowest BCUT2D eigenvalue weighted by atomic mass is 9.98. The average Bonchev–Trinajstić information content (AvgIpc) is 2.75. The maximum Gasteiger partial charge on any atom is 0.304 e. The predicted molar refractivity (Wildman–Crippen MR) is 76.8 cm³/mol. The molecule has 0 spiro atoms. The normalized spacial score (nSPS) is 17.3. The Morgan fingerprint density at radius 2 is 2.16 bits per heavy atom. The number of thioether (sulfide) groups is 1. The molecule has 0 fully saturated rings. The van der Waals surface area contributed by atoms with Crippen LogP contribution in [0.1, 0.15) is 24.3 Å². The van der Waals surface area contributed by atoms with E-state index < -0.39 is 5.97 Å². The summed E-state index contributed by atoms with van der Waals surface area (Å²) in [7, 11) is 0. The molecule has 4 nitrogen and oxygen atoms in total. The van der Waals surface area contributed by atoms with Crippen LogP contribution in [-0.4, -0.2) is 35.5 Å². The number of anilines is 1. The van der Waals surface area contributed by atoms with E-state index in [9.17, 15) is 9.59 Å². The van der Waals surface area contributed by atoms with Crippen LogP contribution in [0.2, 0.25) is 0 Å². The summed E-state index contributed by atoms with van der Waals surface area (Å²) in [6.07, 6.45) is 2.54. The van der Waals surface area contributed by atoms with Gasteiger partial charge in [0.05, 0.1) is 6.42 Å². The van der Waals surface area contributed by atoms with Crippen molar-refractivity contribution >= 4 is 29.3 Å². The number of para-hydroxylation sites is 1. The minimum Gasteiger partial charge on any atom is -0.481 e. The molecule has 1 heterocycles. The predicted octanol–water partition coefficient (Wildman–Crippen LogP) is 2.34. The van der Waals surface area contributed by atoms with Gasteiger partial charge in [0.15, 0.2) is 0 Å². The fraction of sp³-hybridized carbons (Fsp3) is 0.429. The molecule has 5 heteroatoms. The van der Waals surface area contributed by atoms with Crippen molar-refractivity contribution in [3.05, 3.63) is 29.8 Å². The molecule has 1 aromatic rings. The third-order valence-electron chi connectivity index (χ3n) is 3.31. The van der Waals surface area contributed by atoms with Crippen molar-refractivity contribution in [1.29, 1.82) is 0 Å². The number of nitrogens with zero attached hydrogens (tertiary/aromatic N) is 1. The van der Waals surface area contributed by atoms with E-state index in [1.807, 2.05) is 30.5 Å². The van der Waals surface area contributed by atoms with E-state index in [0.29, 0.717) is 13.0 Å². The topological polar surface area (TPSA) is 57.6 Å². The Bertz CT molecular complexity index is 489. The van der Waals surface area contributed by atoms with Gasteiger partial charge in [0, 0.05) is 30.3 Å². The first-order valence-electron chi connectivity index (χ1n) is 6.23. The Balaban J connectivity index is 2.20. The molecular weight excluding hydrogens is 262 g/mol. The lowest BCUT2D eigenvalue weighted by Crippen LogP contribution is -2.30. The van der Waals surface area contributed by atoms with Gasteiger partial charge < -0.3 is 10.0 Å². The second-order valence-electron chi connectivity index (χ2n) is 4.60. The van der Waals surface area contributed by atoms with Crippen LogP contribution in [0.15, 0.2) is 24.3 Å². The molecule has 0 radical (unpaired) electrons. The quantitative estimate of drug-likeness (QED) is 0.899. The van der Waals surface area contributed by atoms with Crippen molar-refractivity contribution in [2.75, 3.05) is 23.5 Å². The molecule has 1 aromatic carbocycles. The highest BCUT2D eigenvalue weighted by atomic mass is 32.2. The molecule has 1 N–H and O–H groups in total. The summed E-state index contributed by atoms with van der Waals surface area (Å²) in [5.74, 6) is -0.0407. The summed E-state index contributed by atoms with van der Waals surface area (Å²) >= 11 is 1.64. The van der Waals surface area contributed by atoms with Crippen molar-refractivity contribution in [3.8, 4) is 0 Å². The van der Waals surface area contributed by atoms with Crippen LogP contribution in [0.4, 0.5) is 5.69 Å². The Morgan fingerprint density at radius 3 is 2.84 bits per heavy atom. The molecule has 1 aliphatic heterocycles. The standard InChI is InChI=1S/C14H17NO3S/c1-19-7-6-13(16)15-9-10(8-14(17)18)11-4-2-3-5-12(11)15/h2-5,10H,6-9H2,1H3,(H,17,18). The van der Waals surface area contributed by atoms with Crippen LogP contribution < -0.4 is 4.90 Å². The largest absolute Gasteiger partial charge is 0.481 e. The fourth-order valence-corrected chi connectivity index (χ4v) is 2.82. The molecule has 19 heavy (non-hydrogen) atoms. The van der Waals surface area contributed by atoms with Gasteiger partial charge in [0.2, 0.25) is 5.91 Å². The van der Waals surface area contributed by atoms with Crippen molar-refractivity contribution in [1.82, 2.24) is 0 Å². The SMILES string of the molecule is CSCCC(=O)N1CC(CC(=O)O)c2ccccc21. The lowest BCUT2D eigenvalue weighted by molar-refractivity contribution is -0.137. The minimum atomic E-state index is -0.821. The molecule has 0 bridgehead atoms. The van der Waals surface area contributed by atoms with Gasteiger partial charge in [0.1, 0.15) is 0 Å². The number of benzene rings is 1. The maximum atomic E-state index is 12.2. The zero-order chi connectivity index (χ0) is 13.8. The maximum absolute atomic E-state index is 12.2. The van der Waals surface area contributed by atoms with Crippen LogP contribution >= 0.6 is 11.8 Å². The molecule has 1 aliphatic rings. The number of amides is 1. The van der Waals surface area contributed by atoms with E-state index in [4.69, 9.17) is 5.11 Å². The van der Waals surface area contributed by atoms with Gasteiger partial charge in [-0.05, 0) is 17.9 Å². The van der Waals surface area contributed by atoms with E-state index in [0.717, 1.165) is 17.0 Å². The molecule has 1 amide bonds. The summed E-state index contributed by atoms with van der Waals surface area (Å²) in [4.78, 5) is 24.8. The first-order chi connectivity index (χ1) is 9.13. The van der Waals surface area contributed by atoms with Crippen LogP contribution in [0, 0.1) is 0 Å². The number of hydrogen-bond donors (Lipinski definition) is 1. The number of fused-ring (bicyclic) bond motifs is 1. The number of hydrogen-bond acceptors (Lipinski definition) is 3. The summed E-state index contributed by atoms with van der Waals surface area (Å²) in [6.45, 7) is 0.485. The van der Waals surface area contributed by atoms with Crippen LogP contribution in [0.3, 0.4) is 0 Å². The van der Waals surface area contributed by atoms with Gasteiger partial charge in [-0.25, -0.2) is 0 Å². The summed E-state index contributed by atoms with van der Waals surface area (Å²) in [5.41, 5.74) is 1.85. The number of carboxylic acid groups (broad SMARTS) is 1. The lowest BCUT2D eigenvalue weighted by Gasteiger charge is -2.17. The molecule has 0 aromatic heterocycles. The highest BCUT2D eigenvalue weighted by molar-refractivity contribution is 7.98. The van der Waals surface area contributed by atoms with E-state index in [1.54, 1.807) is 16.7 Å². The molecular formula is C14H17NO3S. The Kier molecular flexibility index (Phi) is 4.47. The average molecular weight is 279 g/mol. The highest BCUT2D eigenvalue weighted by Crippen LogP contribution is 2.38. The highest BCUT2D eigenvalue weighted by Gasteiger charge is 2.32. The van der Waals surface area contributed by atoms with E-state index >= 15 is 0 Å². The minimum absolute atomic E-state index is 0.0727. The van der Waals surface area contributed by atoms with Crippen molar-refractivity contribution in [2.24, 2.45) is 0 Å². The van der Waals surface area contributed by atoms with Gasteiger partial charge in [-0.3, -0.25) is 9.59 Å². The summed E-state index contributed by atoms with van der Waals surface area (Å²) in [6, 6.07) is 7.60. The van der Waals surface area contributed by atoms with Gasteiger partial charge in [-0.1, -0.05) is 18.2 Å². The third kappa shape index (κ3) is 3.10. The van der Waals surface area contributed by atoms with Gasteiger partial charge in [-0.2, -0.15) is 11.8 Å². The second-order valence-corrected chi connectivity index (χ2v) is 5.59. The summed E-state index contributed by atoms with van der Waals surface area (Å²) in [5, 5.41) is 8.96. The number of carbonyl (C=O) groups excluding carboxylic acids is 1. The van der Waals surface area contributed by atoms with E-state index in [-0.39, 0.29) is 18.2 Å². The van der Waals surface area contributed by atoms with Gasteiger partial charge in [-0.15, -0.1) is 0 Å². The third-order valence-corrected chi connectivity index (χ3v) is 3.92. The molecule has 1 unspecified atom stereocenters. The van der Waals surface area contributed by atoms with Gasteiger partial charge in [0.25, 0.3) is 0 Å². The summed E-state index contributed by atoms with van der Waals surface area (Å²) < 4.78 is 0. The monoisotopic (exact) mass is 279 g/mol. The van der Waals surface area contributed by atoms with E-state index in [1.165, 1.54) is 0 Å². The number of aliphatic carboxylic acids is 1. The first-order valence-corrected chi connectivity index (χ1v) is 7.63. The second kappa shape index (κ2) is 6.10. The van der Waals surface area contributed by atoms with Crippen molar-refractivity contribution in [3.63, 3.8) is 0 Å².